The number of fused-ring (bicyclic) bond motifs is 1. The zero-order valence-electron chi connectivity index (χ0n) is 14.0. The lowest BCUT2D eigenvalue weighted by molar-refractivity contribution is 0.589. The number of aryl methyl sites for hydroxylation is 3. The number of benzene rings is 2. The molecule has 0 saturated heterocycles. The van der Waals surface area contributed by atoms with Crippen molar-refractivity contribution in [3.63, 3.8) is 0 Å². The Morgan fingerprint density at radius 1 is 1.12 bits per heavy atom. The Morgan fingerprint density at radius 2 is 1.79 bits per heavy atom. The lowest BCUT2D eigenvalue weighted by Crippen LogP contribution is -2.12. The van der Waals surface area contributed by atoms with Gasteiger partial charge in [0, 0.05) is 17.1 Å². The van der Waals surface area contributed by atoms with E-state index in [2.05, 4.69) is 5.92 Å². The Morgan fingerprint density at radius 3 is 2.38 bits per heavy atom. The first-order chi connectivity index (χ1) is 11.4. The molecule has 0 saturated carbocycles. The molecule has 3 rings (SSSR count). The van der Waals surface area contributed by atoms with Crippen LogP contribution in [0.15, 0.2) is 47.5 Å². The Bertz CT molecular complexity index is 1070. The van der Waals surface area contributed by atoms with Gasteiger partial charge in [-0.15, -0.1) is 6.42 Å². The standard InChI is InChI=1S/C20H19NO2S/c1-5-16-13-15(4)20-19(18(16)6-2)11-12-21(20)24(22,23)17-9-7-14(3)8-10-17/h2,7-13H,5H2,1,3-4H3. The van der Waals surface area contributed by atoms with Crippen LogP contribution in [0.2, 0.25) is 0 Å². The summed E-state index contributed by atoms with van der Waals surface area (Å²) in [5, 5.41) is 0.810. The highest BCUT2D eigenvalue weighted by Gasteiger charge is 2.21. The lowest BCUT2D eigenvalue weighted by Gasteiger charge is -2.12. The zero-order chi connectivity index (χ0) is 17.5. The van der Waals surface area contributed by atoms with E-state index in [1.165, 1.54) is 3.97 Å². The zero-order valence-corrected chi connectivity index (χ0v) is 14.8. The Hall–Kier alpha value is -2.51. The molecule has 0 fully saturated rings. The van der Waals surface area contributed by atoms with Gasteiger partial charge in [-0.1, -0.05) is 36.6 Å². The second-order valence-electron chi connectivity index (χ2n) is 5.92. The van der Waals surface area contributed by atoms with Crippen molar-refractivity contribution in [1.29, 1.82) is 0 Å². The van der Waals surface area contributed by atoms with Gasteiger partial charge in [0.1, 0.15) is 0 Å². The van der Waals surface area contributed by atoms with E-state index in [0.717, 1.165) is 34.1 Å². The summed E-state index contributed by atoms with van der Waals surface area (Å²) in [6, 6.07) is 10.6. The largest absolute Gasteiger partial charge is 0.268 e. The normalized spacial score (nSPS) is 11.6. The number of nitrogens with zero attached hydrogens (tertiary/aromatic N) is 1. The van der Waals surface area contributed by atoms with Gasteiger partial charge >= 0.3 is 0 Å². The fourth-order valence-electron chi connectivity index (χ4n) is 3.05. The van der Waals surface area contributed by atoms with Crippen molar-refractivity contribution in [1.82, 2.24) is 3.97 Å². The Balaban J connectivity index is 2.32. The van der Waals surface area contributed by atoms with Crippen LogP contribution in [-0.4, -0.2) is 12.4 Å². The fourth-order valence-corrected chi connectivity index (χ4v) is 4.46. The van der Waals surface area contributed by atoms with Gasteiger partial charge in [-0.25, -0.2) is 12.4 Å². The van der Waals surface area contributed by atoms with Gasteiger partial charge in [0.2, 0.25) is 0 Å². The molecule has 0 bridgehead atoms. The van der Waals surface area contributed by atoms with Gasteiger partial charge in [-0.3, -0.25) is 0 Å². The van der Waals surface area contributed by atoms with E-state index < -0.39 is 10.0 Å². The van der Waals surface area contributed by atoms with Crippen molar-refractivity contribution in [3.05, 3.63) is 64.8 Å². The number of hydrogen-bond donors (Lipinski definition) is 0. The molecule has 0 amide bonds. The Labute approximate surface area is 143 Å². The average molecular weight is 337 g/mol. The van der Waals surface area contributed by atoms with E-state index in [9.17, 15) is 8.42 Å². The van der Waals surface area contributed by atoms with Crippen molar-refractivity contribution in [2.45, 2.75) is 32.1 Å². The molecule has 0 aliphatic rings. The first-order valence-electron chi connectivity index (χ1n) is 7.82. The van der Waals surface area contributed by atoms with Crippen LogP contribution in [0.25, 0.3) is 10.9 Å². The summed E-state index contributed by atoms with van der Waals surface area (Å²) in [4.78, 5) is 0.270. The molecule has 0 aliphatic carbocycles. The SMILES string of the molecule is C#Cc1c(CC)cc(C)c2c1ccn2S(=O)(=O)c1ccc(C)cc1. The van der Waals surface area contributed by atoms with Gasteiger partial charge in [0.25, 0.3) is 10.0 Å². The topological polar surface area (TPSA) is 39.1 Å². The number of aromatic nitrogens is 1. The second-order valence-corrected chi connectivity index (χ2v) is 7.73. The predicted octanol–water partition coefficient (Wildman–Crippen LogP) is 4.04. The van der Waals surface area contributed by atoms with Crippen molar-refractivity contribution in [2.75, 3.05) is 0 Å². The maximum absolute atomic E-state index is 13.0. The Kier molecular flexibility index (Phi) is 3.98. The average Bonchev–Trinajstić information content (AvgIpc) is 3.01. The van der Waals surface area contributed by atoms with E-state index >= 15 is 0 Å². The highest BCUT2D eigenvalue weighted by molar-refractivity contribution is 7.90. The third-order valence-corrected chi connectivity index (χ3v) is 6.00. The third-order valence-electron chi connectivity index (χ3n) is 4.31. The van der Waals surface area contributed by atoms with E-state index in [1.54, 1.807) is 36.5 Å². The van der Waals surface area contributed by atoms with Crippen LogP contribution >= 0.6 is 0 Å². The molecule has 0 atom stereocenters. The maximum Gasteiger partial charge on any atom is 0.268 e. The molecule has 122 valence electrons. The third kappa shape index (κ3) is 2.42. The predicted molar refractivity (Wildman–Crippen MR) is 97.8 cm³/mol. The van der Waals surface area contributed by atoms with E-state index in [1.807, 2.05) is 26.8 Å². The minimum absolute atomic E-state index is 0.270. The molecular weight excluding hydrogens is 318 g/mol. The van der Waals surface area contributed by atoms with Crippen LogP contribution in [0.1, 0.15) is 29.2 Å². The maximum atomic E-state index is 13.0. The minimum atomic E-state index is -3.66. The summed E-state index contributed by atoms with van der Waals surface area (Å²) in [5.74, 6) is 2.72. The van der Waals surface area contributed by atoms with Gasteiger partial charge < -0.3 is 0 Å². The monoisotopic (exact) mass is 337 g/mol. The van der Waals surface area contributed by atoms with Gasteiger partial charge in [0.15, 0.2) is 0 Å². The summed E-state index contributed by atoms with van der Waals surface area (Å²) in [5.41, 5.74) is 4.41. The van der Waals surface area contributed by atoms with E-state index in [-0.39, 0.29) is 4.90 Å². The van der Waals surface area contributed by atoms with Crippen molar-refractivity contribution in [2.24, 2.45) is 0 Å². The lowest BCUT2D eigenvalue weighted by atomic mass is 9.98. The summed E-state index contributed by atoms with van der Waals surface area (Å²) >= 11 is 0. The van der Waals surface area contributed by atoms with Crippen molar-refractivity contribution < 1.29 is 8.42 Å². The molecule has 1 heterocycles. The van der Waals surface area contributed by atoms with E-state index in [4.69, 9.17) is 6.42 Å². The quantitative estimate of drug-likeness (QED) is 0.677. The van der Waals surface area contributed by atoms with Gasteiger partial charge in [0.05, 0.1) is 10.4 Å². The second kappa shape index (κ2) is 5.85. The molecule has 0 spiro atoms. The van der Waals surface area contributed by atoms with Crippen LogP contribution in [0, 0.1) is 26.2 Å². The molecule has 3 aromatic rings. The molecule has 1 aromatic heterocycles. The fraction of sp³-hybridized carbons (Fsp3) is 0.200. The smallest absolute Gasteiger partial charge is 0.241 e. The molecule has 0 N–H and O–H groups in total. The van der Waals surface area contributed by atoms with Crippen LogP contribution in [-0.2, 0) is 16.4 Å². The molecule has 2 aromatic carbocycles. The summed E-state index contributed by atoms with van der Waals surface area (Å²) in [7, 11) is -3.66. The highest BCUT2D eigenvalue weighted by atomic mass is 32.2. The molecule has 24 heavy (non-hydrogen) atoms. The summed E-state index contributed by atoms with van der Waals surface area (Å²) in [6.45, 7) is 5.89. The minimum Gasteiger partial charge on any atom is -0.241 e. The van der Waals surface area contributed by atoms with Crippen LogP contribution < -0.4 is 0 Å². The number of rotatable bonds is 3. The van der Waals surface area contributed by atoms with Crippen LogP contribution in [0.3, 0.4) is 0 Å². The molecular formula is C20H19NO2S. The summed E-state index contributed by atoms with van der Waals surface area (Å²) in [6.07, 6.45) is 8.08. The van der Waals surface area contributed by atoms with Gasteiger partial charge in [-0.05, 0) is 49.6 Å². The number of hydrogen-bond acceptors (Lipinski definition) is 2. The summed E-state index contributed by atoms with van der Waals surface area (Å²) < 4.78 is 27.4. The molecule has 0 radical (unpaired) electrons. The van der Waals surface area contributed by atoms with Crippen molar-refractivity contribution >= 4 is 20.9 Å². The number of terminal acetylenes is 1. The van der Waals surface area contributed by atoms with Crippen LogP contribution in [0.5, 0.6) is 0 Å². The molecule has 0 unspecified atom stereocenters. The van der Waals surface area contributed by atoms with E-state index in [0.29, 0.717) is 5.52 Å². The first-order valence-corrected chi connectivity index (χ1v) is 9.26. The molecule has 0 aliphatic heterocycles. The van der Waals surface area contributed by atoms with Gasteiger partial charge in [-0.2, -0.15) is 0 Å². The highest BCUT2D eigenvalue weighted by Crippen LogP contribution is 2.30. The van der Waals surface area contributed by atoms with Crippen LogP contribution in [0.4, 0.5) is 0 Å². The molecule has 4 heteroatoms. The first kappa shape index (κ1) is 16.4. The molecule has 3 nitrogen and oxygen atoms in total. The van der Waals surface area contributed by atoms with Crippen molar-refractivity contribution in [3.8, 4) is 12.3 Å².